The highest BCUT2D eigenvalue weighted by Gasteiger charge is 2.09. The second-order valence-electron chi connectivity index (χ2n) is 2.09. The molecule has 0 saturated heterocycles. The molecular weight excluding hydrogens is 162 g/mol. The predicted molar refractivity (Wildman–Crippen MR) is 42.6 cm³/mol. The summed E-state index contributed by atoms with van der Waals surface area (Å²) < 4.78 is 4.54. The lowest BCUT2D eigenvalue weighted by Crippen LogP contribution is -2.40. The summed E-state index contributed by atoms with van der Waals surface area (Å²) in [4.78, 5) is 10.7. The zero-order chi connectivity index (χ0) is 9.40. The first-order valence-electron chi connectivity index (χ1n) is 3.50. The number of aliphatic hydroxyl groups is 2. The standard InChI is InChI=1S/C7H13NO4/c1-2-3-12-7(11)8-6(4-9)5-10/h2,6,9-10H,1,3-5H2,(H,8,11). The number of carbonyl (C=O) groups is 1. The number of rotatable bonds is 5. The Morgan fingerprint density at radius 3 is 2.58 bits per heavy atom. The molecule has 0 aromatic heterocycles. The molecule has 0 aromatic carbocycles. The third-order valence-electron chi connectivity index (χ3n) is 1.10. The van der Waals surface area contributed by atoms with Crippen LogP contribution in [0.5, 0.6) is 0 Å². The molecule has 5 heteroatoms. The number of carbonyl (C=O) groups excluding carboxylic acids is 1. The molecule has 0 heterocycles. The molecule has 1 amide bonds. The van der Waals surface area contributed by atoms with Crippen LogP contribution in [-0.4, -0.2) is 42.2 Å². The Bertz CT molecular complexity index is 144. The van der Waals surface area contributed by atoms with Gasteiger partial charge in [0.15, 0.2) is 0 Å². The molecule has 70 valence electrons. The average Bonchev–Trinajstić information content (AvgIpc) is 2.10. The molecule has 0 unspecified atom stereocenters. The van der Waals surface area contributed by atoms with Crippen LogP contribution in [0.25, 0.3) is 0 Å². The van der Waals surface area contributed by atoms with Gasteiger partial charge in [0.2, 0.25) is 0 Å². The monoisotopic (exact) mass is 175 g/mol. The maximum atomic E-state index is 10.7. The number of hydrogen-bond donors (Lipinski definition) is 3. The molecule has 0 aliphatic rings. The summed E-state index contributed by atoms with van der Waals surface area (Å²) in [6.07, 6.45) is 0.745. The van der Waals surface area contributed by atoms with Gasteiger partial charge in [-0.15, -0.1) is 0 Å². The molecule has 0 atom stereocenters. The topological polar surface area (TPSA) is 78.8 Å². The Balaban J connectivity index is 3.58. The summed E-state index contributed by atoms with van der Waals surface area (Å²) in [7, 11) is 0. The molecule has 0 spiro atoms. The van der Waals surface area contributed by atoms with E-state index in [2.05, 4.69) is 16.6 Å². The van der Waals surface area contributed by atoms with Gasteiger partial charge in [0.25, 0.3) is 0 Å². The maximum Gasteiger partial charge on any atom is 0.407 e. The van der Waals surface area contributed by atoms with E-state index >= 15 is 0 Å². The largest absolute Gasteiger partial charge is 0.445 e. The molecule has 5 nitrogen and oxygen atoms in total. The van der Waals surface area contributed by atoms with Gasteiger partial charge in [-0.1, -0.05) is 12.7 Å². The van der Waals surface area contributed by atoms with E-state index in [9.17, 15) is 4.79 Å². The van der Waals surface area contributed by atoms with E-state index in [1.807, 2.05) is 0 Å². The lowest BCUT2D eigenvalue weighted by molar-refractivity contribution is 0.129. The highest BCUT2D eigenvalue weighted by molar-refractivity contribution is 5.67. The Morgan fingerprint density at radius 2 is 2.17 bits per heavy atom. The molecule has 0 aromatic rings. The van der Waals surface area contributed by atoms with Crippen LogP contribution in [0.4, 0.5) is 4.79 Å². The lowest BCUT2D eigenvalue weighted by atomic mass is 10.3. The Morgan fingerprint density at radius 1 is 1.58 bits per heavy atom. The Hall–Kier alpha value is -1.07. The SMILES string of the molecule is C=CCOC(=O)NC(CO)CO. The van der Waals surface area contributed by atoms with Crippen LogP contribution >= 0.6 is 0 Å². The van der Waals surface area contributed by atoms with Crippen molar-refractivity contribution in [3.05, 3.63) is 12.7 Å². The first kappa shape index (κ1) is 10.9. The van der Waals surface area contributed by atoms with Crippen molar-refractivity contribution < 1.29 is 19.7 Å². The fourth-order valence-electron chi connectivity index (χ4n) is 0.492. The summed E-state index contributed by atoms with van der Waals surface area (Å²) in [6, 6.07) is -0.665. The first-order chi connectivity index (χ1) is 5.74. The number of hydrogen-bond acceptors (Lipinski definition) is 4. The number of aliphatic hydroxyl groups excluding tert-OH is 2. The van der Waals surface area contributed by atoms with Gasteiger partial charge in [-0.25, -0.2) is 4.79 Å². The second kappa shape index (κ2) is 6.63. The van der Waals surface area contributed by atoms with Crippen molar-refractivity contribution in [3.8, 4) is 0 Å². The van der Waals surface area contributed by atoms with Crippen LogP contribution in [0.1, 0.15) is 0 Å². The second-order valence-corrected chi connectivity index (χ2v) is 2.09. The quantitative estimate of drug-likeness (QED) is 0.480. The Kier molecular flexibility index (Phi) is 6.04. The van der Waals surface area contributed by atoms with Crippen LogP contribution in [0.3, 0.4) is 0 Å². The van der Waals surface area contributed by atoms with Crippen molar-refractivity contribution in [2.75, 3.05) is 19.8 Å². The third-order valence-corrected chi connectivity index (χ3v) is 1.10. The van der Waals surface area contributed by atoms with E-state index in [1.165, 1.54) is 6.08 Å². The lowest BCUT2D eigenvalue weighted by Gasteiger charge is -2.12. The summed E-state index contributed by atoms with van der Waals surface area (Å²) in [6.45, 7) is 2.82. The smallest absolute Gasteiger partial charge is 0.407 e. The summed E-state index contributed by atoms with van der Waals surface area (Å²) in [5.74, 6) is 0. The number of nitrogens with one attached hydrogen (secondary N) is 1. The highest BCUT2D eigenvalue weighted by atomic mass is 16.5. The molecule has 0 aliphatic carbocycles. The molecule has 0 radical (unpaired) electrons. The van der Waals surface area contributed by atoms with Gasteiger partial charge in [0, 0.05) is 0 Å². The molecule has 0 fully saturated rings. The van der Waals surface area contributed by atoms with Crippen molar-refractivity contribution in [2.24, 2.45) is 0 Å². The van der Waals surface area contributed by atoms with Crippen LogP contribution < -0.4 is 5.32 Å². The van der Waals surface area contributed by atoms with Crippen molar-refractivity contribution in [3.63, 3.8) is 0 Å². The van der Waals surface area contributed by atoms with Gasteiger partial charge in [-0.05, 0) is 0 Å². The minimum Gasteiger partial charge on any atom is -0.445 e. The van der Waals surface area contributed by atoms with Crippen LogP contribution in [0, 0.1) is 0 Å². The fraction of sp³-hybridized carbons (Fsp3) is 0.571. The predicted octanol–water partition coefficient (Wildman–Crippen LogP) is -0.748. The molecule has 0 rings (SSSR count). The molecular formula is C7H13NO4. The number of amides is 1. The maximum absolute atomic E-state index is 10.7. The number of ether oxygens (including phenoxy) is 1. The minimum absolute atomic E-state index is 0.107. The Labute approximate surface area is 70.7 Å². The van der Waals surface area contributed by atoms with E-state index in [4.69, 9.17) is 10.2 Å². The molecule has 0 bridgehead atoms. The van der Waals surface area contributed by atoms with Crippen molar-refractivity contribution in [1.82, 2.24) is 5.32 Å². The average molecular weight is 175 g/mol. The molecule has 3 N–H and O–H groups in total. The molecule has 0 saturated carbocycles. The van der Waals surface area contributed by atoms with Gasteiger partial charge in [0.05, 0.1) is 19.3 Å². The van der Waals surface area contributed by atoms with Crippen LogP contribution in [0.2, 0.25) is 0 Å². The fourth-order valence-corrected chi connectivity index (χ4v) is 0.492. The van der Waals surface area contributed by atoms with Crippen LogP contribution in [0.15, 0.2) is 12.7 Å². The van der Waals surface area contributed by atoms with E-state index in [0.29, 0.717) is 0 Å². The van der Waals surface area contributed by atoms with Gasteiger partial charge in [-0.3, -0.25) is 0 Å². The summed E-state index contributed by atoms with van der Waals surface area (Å²) in [5, 5.41) is 19.3. The zero-order valence-electron chi connectivity index (χ0n) is 6.69. The number of alkyl carbamates (subject to hydrolysis) is 1. The summed E-state index contributed by atoms with van der Waals surface area (Å²) in [5.41, 5.74) is 0. The molecule has 0 aliphatic heterocycles. The summed E-state index contributed by atoms with van der Waals surface area (Å²) >= 11 is 0. The highest BCUT2D eigenvalue weighted by Crippen LogP contribution is 1.83. The van der Waals surface area contributed by atoms with Crippen molar-refractivity contribution >= 4 is 6.09 Å². The third kappa shape index (κ3) is 4.70. The van der Waals surface area contributed by atoms with Gasteiger partial charge >= 0.3 is 6.09 Å². The van der Waals surface area contributed by atoms with E-state index in [0.717, 1.165) is 0 Å². The van der Waals surface area contributed by atoms with E-state index in [1.54, 1.807) is 0 Å². The first-order valence-corrected chi connectivity index (χ1v) is 3.50. The van der Waals surface area contributed by atoms with Crippen molar-refractivity contribution in [2.45, 2.75) is 6.04 Å². The van der Waals surface area contributed by atoms with E-state index in [-0.39, 0.29) is 19.8 Å². The normalized spacial score (nSPS) is 9.58. The van der Waals surface area contributed by atoms with Gasteiger partial charge in [-0.2, -0.15) is 0 Å². The molecule has 12 heavy (non-hydrogen) atoms. The van der Waals surface area contributed by atoms with Gasteiger partial charge in [0.1, 0.15) is 6.61 Å². The zero-order valence-corrected chi connectivity index (χ0v) is 6.69. The van der Waals surface area contributed by atoms with Gasteiger partial charge < -0.3 is 20.3 Å². The van der Waals surface area contributed by atoms with E-state index < -0.39 is 12.1 Å². The minimum atomic E-state index is -0.678. The van der Waals surface area contributed by atoms with Crippen LogP contribution in [-0.2, 0) is 4.74 Å². The van der Waals surface area contributed by atoms with Crippen molar-refractivity contribution in [1.29, 1.82) is 0 Å².